The van der Waals surface area contributed by atoms with Crippen LogP contribution in [-0.2, 0) is 9.53 Å². The van der Waals surface area contributed by atoms with E-state index in [2.05, 4.69) is 15.3 Å². The van der Waals surface area contributed by atoms with Crippen molar-refractivity contribution < 1.29 is 19.1 Å². The maximum atomic E-state index is 12.6. The van der Waals surface area contributed by atoms with E-state index in [1.165, 1.54) is 7.11 Å². The molecule has 8 nitrogen and oxygen atoms in total. The van der Waals surface area contributed by atoms with E-state index in [9.17, 15) is 9.59 Å². The van der Waals surface area contributed by atoms with Gasteiger partial charge in [0.25, 0.3) is 5.91 Å². The molecule has 0 aromatic carbocycles. The van der Waals surface area contributed by atoms with Gasteiger partial charge in [-0.05, 0) is 39.7 Å². The molecule has 0 radical (unpaired) electrons. The van der Waals surface area contributed by atoms with Gasteiger partial charge < -0.3 is 19.7 Å². The van der Waals surface area contributed by atoms with Crippen molar-refractivity contribution >= 4 is 17.8 Å². The van der Waals surface area contributed by atoms with Crippen LogP contribution in [0.5, 0.6) is 5.88 Å². The van der Waals surface area contributed by atoms with Gasteiger partial charge in [0.2, 0.25) is 5.88 Å². The maximum absolute atomic E-state index is 12.6. The van der Waals surface area contributed by atoms with Crippen molar-refractivity contribution in [1.82, 2.24) is 15.2 Å². The number of nitrogens with one attached hydrogen (secondary N) is 1. The predicted octanol–water partition coefficient (Wildman–Crippen LogP) is 1.74. The minimum Gasteiger partial charge on any atom is -0.481 e. The van der Waals surface area contributed by atoms with Gasteiger partial charge in [0.15, 0.2) is 0 Å². The quantitative estimate of drug-likeness (QED) is 0.867. The van der Waals surface area contributed by atoms with Crippen LogP contribution in [0.4, 0.5) is 4.79 Å². The summed E-state index contributed by atoms with van der Waals surface area (Å²) in [7, 11) is 1.54. The summed E-state index contributed by atoms with van der Waals surface area (Å²) < 4.78 is 10.5. The molecule has 2 aliphatic rings. The number of hydrogen-bond donors (Lipinski definition) is 1. The number of amides is 2. The number of pyridine rings is 1. The number of rotatable bonds is 2. The first-order chi connectivity index (χ1) is 12.2. The lowest BCUT2D eigenvalue weighted by Gasteiger charge is -2.36. The molecule has 0 saturated carbocycles. The van der Waals surface area contributed by atoms with Crippen molar-refractivity contribution in [3.05, 3.63) is 23.9 Å². The number of nitrogens with zero attached hydrogens (tertiary/aromatic N) is 3. The highest BCUT2D eigenvalue weighted by atomic mass is 16.6. The number of hydrogen-bond acceptors (Lipinski definition) is 6. The largest absolute Gasteiger partial charge is 0.481 e. The van der Waals surface area contributed by atoms with Crippen LogP contribution in [0.2, 0.25) is 0 Å². The molecule has 26 heavy (non-hydrogen) atoms. The zero-order valence-corrected chi connectivity index (χ0v) is 15.5. The van der Waals surface area contributed by atoms with Gasteiger partial charge in [-0.2, -0.15) is 0 Å². The average molecular weight is 360 g/mol. The van der Waals surface area contributed by atoms with E-state index in [0.29, 0.717) is 37.6 Å². The number of aliphatic imine (C=N–C) groups is 1. The van der Waals surface area contributed by atoms with Gasteiger partial charge in [-0.1, -0.05) is 0 Å². The molecule has 2 aliphatic heterocycles. The Balaban J connectivity index is 1.72. The molecule has 2 amide bonds. The van der Waals surface area contributed by atoms with Crippen molar-refractivity contribution in [1.29, 1.82) is 0 Å². The van der Waals surface area contributed by atoms with Crippen LogP contribution in [0, 0.1) is 0 Å². The van der Waals surface area contributed by atoms with Crippen molar-refractivity contribution in [3.8, 4) is 5.88 Å². The van der Waals surface area contributed by atoms with Crippen LogP contribution >= 0.6 is 0 Å². The second-order valence-electron chi connectivity index (χ2n) is 7.50. The third-order valence-electron chi connectivity index (χ3n) is 4.44. The highest BCUT2D eigenvalue weighted by molar-refractivity contribution is 6.15. The number of carbonyl (C=O) groups excluding carboxylic acids is 2. The van der Waals surface area contributed by atoms with Crippen LogP contribution in [-0.4, -0.2) is 59.1 Å². The molecule has 1 aromatic heterocycles. The number of ether oxygens (including phenoxy) is 2. The molecular formula is C18H24N4O4. The van der Waals surface area contributed by atoms with E-state index in [1.807, 2.05) is 20.8 Å². The van der Waals surface area contributed by atoms with Crippen molar-refractivity contribution in [3.63, 3.8) is 0 Å². The molecule has 1 spiro atoms. The summed E-state index contributed by atoms with van der Waals surface area (Å²) in [6.07, 6.45) is 2.18. The number of methoxy groups -OCH3 is 1. The zero-order chi connectivity index (χ0) is 18.9. The van der Waals surface area contributed by atoms with Crippen LogP contribution < -0.4 is 10.1 Å². The lowest BCUT2D eigenvalue weighted by molar-refractivity contribution is -0.125. The molecule has 0 unspecified atom stereocenters. The molecule has 3 rings (SSSR count). The Morgan fingerprint density at radius 1 is 1.31 bits per heavy atom. The lowest BCUT2D eigenvalue weighted by Crippen LogP contribution is -2.51. The molecule has 1 fully saturated rings. The summed E-state index contributed by atoms with van der Waals surface area (Å²) in [5.74, 6) is 0.841. The zero-order valence-electron chi connectivity index (χ0n) is 15.5. The minimum absolute atomic E-state index is 0.132. The Labute approximate surface area is 152 Å². The van der Waals surface area contributed by atoms with Crippen LogP contribution in [0.3, 0.4) is 0 Å². The highest BCUT2D eigenvalue weighted by Crippen LogP contribution is 2.31. The van der Waals surface area contributed by atoms with Crippen molar-refractivity contribution in [2.24, 2.45) is 4.99 Å². The Kier molecular flexibility index (Phi) is 4.60. The summed E-state index contributed by atoms with van der Waals surface area (Å²) in [5, 5.41) is 2.86. The second kappa shape index (κ2) is 6.59. The number of amidine groups is 1. The number of likely N-dealkylation sites (tertiary alicyclic amines) is 1. The fourth-order valence-electron chi connectivity index (χ4n) is 3.05. The van der Waals surface area contributed by atoms with Crippen LogP contribution in [0.25, 0.3) is 0 Å². The SMILES string of the molecule is COc1cc(C2=NC3(CCN(C(=O)OC(C)(C)C)CC3)C(=O)N2)ccn1. The van der Waals surface area contributed by atoms with Gasteiger partial charge in [0.1, 0.15) is 17.0 Å². The number of piperidine rings is 1. The second-order valence-corrected chi connectivity index (χ2v) is 7.50. The van der Waals surface area contributed by atoms with Crippen molar-refractivity contribution in [2.45, 2.75) is 44.8 Å². The first kappa shape index (κ1) is 18.2. The standard InChI is InChI=1S/C18H24N4O4/c1-17(2,3)26-16(24)22-9-6-18(7-10-22)15(23)20-14(21-18)12-5-8-19-13(11-12)25-4/h5,8,11H,6-7,9-10H2,1-4H3,(H,20,21,23). The van der Waals surface area contributed by atoms with E-state index in [-0.39, 0.29) is 12.0 Å². The summed E-state index contributed by atoms with van der Waals surface area (Å²) in [6, 6.07) is 3.50. The fourth-order valence-corrected chi connectivity index (χ4v) is 3.05. The van der Waals surface area contributed by atoms with Gasteiger partial charge in [-0.25, -0.2) is 9.78 Å². The van der Waals surface area contributed by atoms with E-state index in [1.54, 1.807) is 23.2 Å². The topological polar surface area (TPSA) is 93.1 Å². The molecule has 3 heterocycles. The summed E-state index contributed by atoms with van der Waals surface area (Å²) in [6.45, 7) is 6.36. The molecule has 0 bridgehead atoms. The normalized spacial score (nSPS) is 19.2. The number of carbonyl (C=O) groups is 2. The lowest BCUT2D eigenvalue weighted by atomic mass is 9.88. The maximum Gasteiger partial charge on any atom is 0.410 e. The van der Waals surface area contributed by atoms with Gasteiger partial charge in [0.05, 0.1) is 7.11 Å². The molecule has 1 N–H and O–H groups in total. The molecule has 0 atom stereocenters. The van der Waals surface area contributed by atoms with E-state index < -0.39 is 11.1 Å². The Morgan fingerprint density at radius 2 is 2.00 bits per heavy atom. The molecular weight excluding hydrogens is 336 g/mol. The number of aromatic nitrogens is 1. The van der Waals surface area contributed by atoms with Crippen LogP contribution in [0.1, 0.15) is 39.2 Å². The van der Waals surface area contributed by atoms with Crippen LogP contribution in [0.15, 0.2) is 23.3 Å². The first-order valence-corrected chi connectivity index (χ1v) is 8.62. The smallest absolute Gasteiger partial charge is 0.410 e. The third kappa shape index (κ3) is 3.63. The monoisotopic (exact) mass is 360 g/mol. The molecule has 140 valence electrons. The Morgan fingerprint density at radius 3 is 2.62 bits per heavy atom. The average Bonchev–Trinajstić information content (AvgIpc) is 2.90. The summed E-state index contributed by atoms with van der Waals surface area (Å²) in [5.41, 5.74) is -0.621. The third-order valence-corrected chi connectivity index (χ3v) is 4.44. The van der Waals surface area contributed by atoms with E-state index in [0.717, 1.165) is 5.56 Å². The van der Waals surface area contributed by atoms with E-state index >= 15 is 0 Å². The molecule has 1 saturated heterocycles. The Hall–Kier alpha value is -2.64. The highest BCUT2D eigenvalue weighted by Gasteiger charge is 2.47. The molecule has 8 heteroatoms. The molecule has 0 aliphatic carbocycles. The van der Waals surface area contributed by atoms with Gasteiger partial charge in [0, 0.05) is 30.9 Å². The van der Waals surface area contributed by atoms with E-state index in [4.69, 9.17) is 9.47 Å². The first-order valence-electron chi connectivity index (χ1n) is 8.62. The Bertz CT molecular complexity index is 746. The summed E-state index contributed by atoms with van der Waals surface area (Å²) in [4.78, 5) is 35.2. The predicted molar refractivity (Wildman–Crippen MR) is 95.2 cm³/mol. The summed E-state index contributed by atoms with van der Waals surface area (Å²) >= 11 is 0. The molecule has 1 aromatic rings. The van der Waals surface area contributed by atoms with Gasteiger partial charge in [-0.15, -0.1) is 0 Å². The fraction of sp³-hybridized carbons (Fsp3) is 0.556. The minimum atomic E-state index is -0.829. The van der Waals surface area contributed by atoms with Gasteiger partial charge >= 0.3 is 6.09 Å². The van der Waals surface area contributed by atoms with Gasteiger partial charge in [-0.3, -0.25) is 9.79 Å². The van der Waals surface area contributed by atoms with Crippen molar-refractivity contribution in [2.75, 3.05) is 20.2 Å².